The van der Waals surface area contributed by atoms with Crippen LogP contribution in [0.2, 0.25) is 0 Å². The predicted octanol–water partition coefficient (Wildman–Crippen LogP) is 1.36. The number of hydrogen-bond donors (Lipinski definition) is 0. The maximum Gasteiger partial charge on any atom is 0.0632 e. The summed E-state index contributed by atoms with van der Waals surface area (Å²) < 4.78 is 1.82. The second kappa shape index (κ2) is 3.01. The highest BCUT2D eigenvalue weighted by atomic mass is 79.9. The van der Waals surface area contributed by atoms with Crippen molar-refractivity contribution in [3.63, 3.8) is 0 Å². The van der Waals surface area contributed by atoms with Crippen molar-refractivity contribution in [2.24, 2.45) is 7.05 Å². The van der Waals surface area contributed by atoms with Crippen LogP contribution in [0.4, 0.5) is 0 Å². The maximum absolute atomic E-state index is 4.19. The molecule has 1 aromatic rings. The average Bonchev–Trinajstić information content (AvgIpc) is 2.17. The van der Waals surface area contributed by atoms with Gasteiger partial charge in [0, 0.05) is 25.0 Å². The topological polar surface area (TPSA) is 17.8 Å². The van der Waals surface area contributed by atoms with Crippen molar-refractivity contribution in [1.29, 1.82) is 0 Å². The van der Waals surface area contributed by atoms with E-state index in [0.29, 0.717) is 0 Å². The van der Waals surface area contributed by atoms with Crippen LogP contribution in [0.25, 0.3) is 0 Å². The molecule has 50 valence electrons. The van der Waals surface area contributed by atoms with Gasteiger partial charge < -0.3 is 0 Å². The zero-order valence-electron chi connectivity index (χ0n) is 5.34. The molecule has 0 radical (unpaired) electrons. The minimum atomic E-state index is 0.990. The molecule has 0 aliphatic carbocycles. The third-order valence-corrected chi connectivity index (χ3v) is 1.52. The van der Waals surface area contributed by atoms with Gasteiger partial charge in [0.15, 0.2) is 0 Å². The largest absolute Gasteiger partial charge is 0.276 e. The number of halogens is 1. The number of hydrogen-bond acceptors (Lipinski definition) is 1. The van der Waals surface area contributed by atoms with Crippen molar-refractivity contribution in [3.8, 4) is 0 Å². The Labute approximate surface area is 63.0 Å². The smallest absolute Gasteiger partial charge is 0.0632 e. The molecule has 0 aliphatic heterocycles. The molecule has 0 aromatic carbocycles. The zero-order valence-corrected chi connectivity index (χ0v) is 6.93. The molecule has 9 heavy (non-hydrogen) atoms. The van der Waals surface area contributed by atoms with E-state index in [0.717, 1.165) is 17.4 Å². The summed E-state index contributed by atoms with van der Waals surface area (Å²) in [4.78, 5) is 0. The average molecular weight is 189 g/mol. The molecule has 0 amide bonds. The molecule has 2 nitrogen and oxygen atoms in total. The van der Waals surface area contributed by atoms with E-state index in [2.05, 4.69) is 21.0 Å². The Balaban J connectivity index is 2.61. The zero-order chi connectivity index (χ0) is 6.69. The molecule has 0 saturated carbocycles. The molecule has 1 aromatic heterocycles. The predicted molar refractivity (Wildman–Crippen MR) is 40.7 cm³/mol. The van der Waals surface area contributed by atoms with E-state index in [4.69, 9.17) is 0 Å². The molecule has 0 aliphatic rings. The van der Waals surface area contributed by atoms with Gasteiger partial charge in [-0.3, -0.25) is 4.68 Å². The van der Waals surface area contributed by atoms with E-state index in [1.807, 2.05) is 24.0 Å². The highest BCUT2D eigenvalue weighted by Gasteiger charge is 1.92. The van der Waals surface area contributed by atoms with Gasteiger partial charge in [0.1, 0.15) is 0 Å². The van der Waals surface area contributed by atoms with Crippen molar-refractivity contribution in [1.82, 2.24) is 9.78 Å². The second-order valence-corrected chi connectivity index (χ2v) is 2.71. The van der Waals surface area contributed by atoms with Crippen LogP contribution in [0.5, 0.6) is 0 Å². The second-order valence-electron chi connectivity index (χ2n) is 1.92. The summed E-state index contributed by atoms with van der Waals surface area (Å²) >= 11 is 3.35. The van der Waals surface area contributed by atoms with Gasteiger partial charge in [-0.25, -0.2) is 0 Å². The number of aromatic nitrogens is 2. The third kappa shape index (κ3) is 1.82. The summed E-state index contributed by atoms with van der Waals surface area (Å²) in [6, 6.07) is 2.03. The van der Waals surface area contributed by atoms with Crippen molar-refractivity contribution in [3.05, 3.63) is 18.0 Å². The maximum atomic E-state index is 4.19. The van der Waals surface area contributed by atoms with Gasteiger partial charge in [0.25, 0.3) is 0 Å². The standard InChI is InChI=1S/C6H9BrN2/c1-9-5-3-6(8-9)2-4-7/h3,5H,2,4H2,1H3. The Morgan fingerprint density at radius 1 is 1.78 bits per heavy atom. The Hall–Kier alpha value is -0.310. The molecule has 0 unspecified atom stereocenters. The third-order valence-electron chi connectivity index (χ3n) is 1.12. The Morgan fingerprint density at radius 2 is 2.56 bits per heavy atom. The lowest BCUT2D eigenvalue weighted by Gasteiger charge is -1.86. The molecular formula is C6H9BrN2. The van der Waals surface area contributed by atoms with Crippen molar-refractivity contribution >= 4 is 15.9 Å². The number of nitrogens with zero attached hydrogens (tertiary/aromatic N) is 2. The van der Waals surface area contributed by atoms with Crippen molar-refractivity contribution < 1.29 is 0 Å². The van der Waals surface area contributed by atoms with E-state index >= 15 is 0 Å². The van der Waals surface area contributed by atoms with Crippen molar-refractivity contribution in [2.45, 2.75) is 6.42 Å². The molecule has 0 bridgehead atoms. The molecular weight excluding hydrogens is 180 g/mol. The lowest BCUT2D eigenvalue weighted by molar-refractivity contribution is 0.747. The van der Waals surface area contributed by atoms with Crippen LogP contribution in [-0.4, -0.2) is 15.1 Å². The van der Waals surface area contributed by atoms with Crippen LogP contribution in [0.1, 0.15) is 5.69 Å². The van der Waals surface area contributed by atoms with E-state index in [9.17, 15) is 0 Å². The van der Waals surface area contributed by atoms with E-state index in [-0.39, 0.29) is 0 Å². The normalized spacial score (nSPS) is 10.0. The SMILES string of the molecule is Cn1ccc(CCBr)n1. The lowest BCUT2D eigenvalue weighted by atomic mass is 10.4. The monoisotopic (exact) mass is 188 g/mol. The first-order valence-corrected chi connectivity index (χ1v) is 3.99. The summed E-state index contributed by atoms with van der Waals surface area (Å²) in [5.74, 6) is 0. The summed E-state index contributed by atoms with van der Waals surface area (Å²) in [5.41, 5.74) is 1.15. The first-order chi connectivity index (χ1) is 4.33. The Kier molecular flexibility index (Phi) is 2.28. The van der Waals surface area contributed by atoms with Crippen LogP contribution in [-0.2, 0) is 13.5 Å². The van der Waals surface area contributed by atoms with Crippen molar-refractivity contribution in [2.75, 3.05) is 5.33 Å². The van der Waals surface area contributed by atoms with E-state index in [1.54, 1.807) is 0 Å². The Bertz CT molecular complexity index is 183. The quantitative estimate of drug-likeness (QED) is 0.642. The number of rotatable bonds is 2. The van der Waals surface area contributed by atoms with Gasteiger partial charge in [-0.15, -0.1) is 0 Å². The van der Waals surface area contributed by atoms with Crippen LogP contribution in [0, 0.1) is 0 Å². The summed E-state index contributed by atoms with van der Waals surface area (Å²) in [5, 5.41) is 5.18. The fourth-order valence-electron chi connectivity index (χ4n) is 0.693. The van der Waals surface area contributed by atoms with Gasteiger partial charge in [0.2, 0.25) is 0 Å². The lowest BCUT2D eigenvalue weighted by Crippen LogP contribution is -1.91. The molecule has 3 heteroatoms. The first-order valence-electron chi connectivity index (χ1n) is 2.87. The van der Waals surface area contributed by atoms with Gasteiger partial charge >= 0.3 is 0 Å². The Morgan fingerprint density at radius 3 is 3.00 bits per heavy atom. The summed E-state index contributed by atoms with van der Waals surface area (Å²) in [7, 11) is 1.93. The van der Waals surface area contributed by atoms with Crippen LogP contribution >= 0.6 is 15.9 Å². The number of alkyl halides is 1. The minimum absolute atomic E-state index is 0.990. The molecule has 1 heterocycles. The molecule has 0 fully saturated rings. The highest BCUT2D eigenvalue weighted by Crippen LogP contribution is 1.96. The fourth-order valence-corrected chi connectivity index (χ4v) is 1.10. The fraction of sp³-hybridized carbons (Fsp3) is 0.500. The summed E-state index contributed by atoms with van der Waals surface area (Å²) in [6.07, 6.45) is 2.97. The molecule has 0 saturated heterocycles. The van der Waals surface area contributed by atoms with Crippen LogP contribution < -0.4 is 0 Å². The number of aryl methyl sites for hydroxylation is 2. The van der Waals surface area contributed by atoms with Crippen LogP contribution in [0.3, 0.4) is 0 Å². The first kappa shape index (κ1) is 6.81. The molecule has 1 rings (SSSR count). The van der Waals surface area contributed by atoms with Gasteiger partial charge in [-0.2, -0.15) is 5.10 Å². The molecule has 0 spiro atoms. The van der Waals surface area contributed by atoms with Gasteiger partial charge in [-0.1, -0.05) is 15.9 Å². The van der Waals surface area contributed by atoms with Crippen LogP contribution in [0.15, 0.2) is 12.3 Å². The minimum Gasteiger partial charge on any atom is -0.276 e. The molecule has 0 atom stereocenters. The molecule has 0 N–H and O–H groups in total. The highest BCUT2D eigenvalue weighted by molar-refractivity contribution is 9.09. The van der Waals surface area contributed by atoms with E-state index < -0.39 is 0 Å². The van der Waals surface area contributed by atoms with Gasteiger partial charge in [0.05, 0.1) is 5.69 Å². The van der Waals surface area contributed by atoms with E-state index in [1.165, 1.54) is 0 Å². The summed E-state index contributed by atoms with van der Waals surface area (Å²) in [6.45, 7) is 0. The van der Waals surface area contributed by atoms with Gasteiger partial charge in [-0.05, 0) is 6.07 Å².